The van der Waals surface area contributed by atoms with Crippen LogP contribution >= 0.6 is 11.8 Å². The fourth-order valence-electron chi connectivity index (χ4n) is 3.88. The highest BCUT2D eigenvalue weighted by Gasteiger charge is 2.26. The first-order valence-corrected chi connectivity index (χ1v) is 13.3. The lowest BCUT2D eigenvalue weighted by Gasteiger charge is -2.19. The Morgan fingerprint density at radius 2 is 1.72 bits per heavy atom. The zero-order chi connectivity index (χ0) is 22.7. The highest BCUT2D eigenvalue weighted by atomic mass is 32.2. The van der Waals surface area contributed by atoms with Crippen LogP contribution in [0.5, 0.6) is 0 Å². The van der Waals surface area contributed by atoms with E-state index in [9.17, 15) is 13.2 Å². The molecule has 0 saturated carbocycles. The summed E-state index contributed by atoms with van der Waals surface area (Å²) in [6.45, 7) is 1.90. The quantitative estimate of drug-likeness (QED) is 0.398. The van der Waals surface area contributed by atoms with Gasteiger partial charge in [0.2, 0.25) is 15.9 Å². The van der Waals surface area contributed by atoms with Gasteiger partial charge in [-0.1, -0.05) is 48.0 Å². The van der Waals surface area contributed by atoms with Crippen LogP contribution in [-0.2, 0) is 21.2 Å². The largest absolute Gasteiger partial charge is 0.325 e. The number of fused-ring (bicyclic) bond motifs is 3. The molecule has 1 atom stereocenters. The summed E-state index contributed by atoms with van der Waals surface area (Å²) in [4.78, 5) is 13.2. The molecule has 3 aromatic carbocycles. The SMILES string of the molecule is CSCCC(NS(=O)(=O)c1ccc(C)cc1)C(=O)Nc1ccc2c(c1)-c1ccccc1C2. The van der Waals surface area contributed by atoms with Crippen molar-refractivity contribution in [2.24, 2.45) is 0 Å². The van der Waals surface area contributed by atoms with Gasteiger partial charge in [-0.05, 0) is 78.3 Å². The van der Waals surface area contributed by atoms with Crippen LogP contribution in [0.4, 0.5) is 5.69 Å². The third-order valence-corrected chi connectivity index (χ3v) is 7.75. The van der Waals surface area contributed by atoms with Gasteiger partial charge in [0.05, 0.1) is 4.90 Å². The molecular weight excluding hydrogens is 440 g/mol. The van der Waals surface area contributed by atoms with E-state index in [0.29, 0.717) is 17.9 Å². The van der Waals surface area contributed by atoms with Gasteiger partial charge in [0.1, 0.15) is 6.04 Å². The molecule has 0 spiro atoms. The van der Waals surface area contributed by atoms with E-state index in [2.05, 4.69) is 22.2 Å². The molecule has 0 bridgehead atoms. The van der Waals surface area contributed by atoms with Gasteiger partial charge >= 0.3 is 0 Å². The number of thioether (sulfide) groups is 1. The Hall–Kier alpha value is -2.61. The predicted molar refractivity (Wildman–Crippen MR) is 132 cm³/mol. The molecule has 1 unspecified atom stereocenters. The summed E-state index contributed by atoms with van der Waals surface area (Å²) in [5.41, 5.74) is 6.42. The molecule has 2 N–H and O–H groups in total. The molecule has 0 aliphatic heterocycles. The third-order valence-electron chi connectivity index (χ3n) is 5.62. The van der Waals surface area contributed by atoms with Gasteiger partial charge in [0, 0.05) is 5.69 Å². The monoisotopic (exact) mass is 466 g/mol. The van der Waals surface area contributed by atoms with Gasteiger partial charge in [-0.15, -0.1) is 0 Å². The number of anilines is 1. The molecule has 4 rings (SSSR count). The highest BCUT2D eigenvalue weighted by Crippen LogP contribution is 2.37. The number of carbonyl (C=O) groups excluding carboxylic acids is 1. The second-order valence-electron chi connectivity index (χ2n) is 7.96. The molecule has 7 heteroatoms. The van der Waals surface area contributed by atoms with Crippen LogP contribution in [0.15, 0.2) is 71.6 Å². The molecule has 1 aliphatic rings. The van der Waals surface area contributed by atoms with Crippen molar-refractivity contribution >= 4 is 33.4 Å². The Bertz CT molecular complexity index is 1240. The van der Waals surface area contributed by atoms with Crippen molar-refractivity contribution in [2.45, 2.75) is 30.7 Å². The lowest BCUT2D eigenvalue weighted by molar-refractivity contribution is -0.117. The van der Waals surface area contributed by atoms with E-state index >= 15 is 0 Å². The standard InChI is InChI=1S/C25H26N2O3S2/c1-17-7-11-21(12-8-17)32(29,30)27-24(13-14-31-2)25(28)26-20-10-9-19-15-18-5-3-4-6-22(18)23(19)16-20/h3-12,16,24,27H,13-15H2,1-2H3,(H,26,28). The number of carbonyl (C=O) groups is 1. The van der Waals surface area contributed by atoms with Crippen molar-refractivity contribution in [2.75, 3.05) is 17.3 Å². The number of benzene rings is 3. The van der Waals surface area contributed by atoms with Crippen LogP contribution < -0.4 is 10.0 Å². The minimum atomic E-state index is -3.81. The normalized spacial score (nSPS) is 13.3. The summed E-state index contributed by atoms with van der Waals surface area (Å²) < 4.78 is 28.3. The van der Waals surface area contributed by atoms with E-state index in [1.54, 1.807) is 36.0 Å². The van der Waals surface area contributed by atoms with Crippen molar-refractivity contribution in [3.63, 3.8) is 0 Å². The summed E-state index contributed by atoms with van der Waals surface area (Å²) >= 11 is 1.57. The summed E-state index contributed by atoms with van der Waals surface area (Å²) in [6, 6.07) is 19.9. The summed E-state index contributed by atoms with van der Waals surface area (Å²) in [6.07, 6.45) is 3.21. The zero-order valence-corrected chi connectivity index (χ0v) is 19.7. The maximum absolute atomic E-state index is 13.1. The number of aryl methyl sites for hydroxylation is 1. The van der Waals surface area contributed by atoms with Gasteiger partial charge in [-0.3, -0.25) is 4.79 Å². The third kappa shape index (κ3) is 4.90. The van der Waals surface area contributed by atoms with E-state index in [-0.39, 0.29) is 10.8 Å². The van der Waals surface area contributed by atoms with E-state index in [4.69, 9.17) is 0 Å². The van der Waals surface area contributed by atoms with Gasteiger partial charge in [0.15, 0.2) is 0 Å². The van der Waals surface area contributed by atoms with Crippen LogP contribution in [0.2, 0.25) is 0 Å². The molecule has 0 radical (unpaired) electrons. The lowest BCUT2D eigenvalue weighted by atomic mass is 10.1. The van der Waals surface area contributed by atoms with Gasteiger partial charge < -0.3 is 5.32 Å². The van der Waals surface area contributed by atoms with E-state index < -0.39 is 16.1 Å². The summed E-state index contributed by atoms with van der Waals surface area (Å²) in [5.74, 6) is 0.299. The van der Waals surface area contributed by atoms with Gasteiger partial charge in [-0.2, -0.15) is 16.5 Å². The molecular formula is C25H26N2O3S2. The fourth-order valence-corrected chi connectivity index (χ4v) is 5.58. The second-order valence-corrected chi connectivity index (χ2v) is 10.7. The van der Waals surface area contributed by atoms with Crippen LogP contribution in [0.3, 0.4) is 0 Å². The van der Waals surface area contributed by atoms with Crippen LogP contribution in [0.25, 0.3) is 11.1 Å². The topological polar surface area (TPSA) is 75.3 Å². The summed E-state index contributed by atoms with van der Waals surface area (Å²) in [7, 11) is -3.81. The maximum Gasteiger partial charge on any atom is 0.242 e. The van der Waals surface area contributed by atoms with E-state index in [1.165, 1.54) is 16.7 Å². The number of sulfonamides is 1. The van der Waals surface area contributed by atoms with E-state index in [0.717, 1.165) is 17.5 Å². The Balaban J connectivity index is 1.54. The first-order valence-electron chi connectivity index (χ1n) is 10.5. The zero-order valence-electron chi connectivity index (χ0n) is 18.1. The molecule has 0 heterocycles. The highest BCUT2D eigenvalue weighted by molar-refractivity contribution is 7.98. The molecule has 1 aliphatic carbocycles. The summed E-state index contributed by atoms with van der Waals surface area (Å²) in [5, 5.41) is 2.92. The minimum absolute atomic E-state index is 0.152. The average molecular weight is 467 g/mol. The van der Waals surface area contributed by atoms with Crippen molar-refractivity contribution in [1.29, 1.82) is 0 Å². The Morgan fingerprint density at radius 1 is 1.00 bits per heavy atom. The molecule has 32 heavy (non-hydrogen) atoms. The first-order chi connectivity index (χ1) is 15.4. The molecule has 0 fully saturated rings. The van der Waals surface area contributed by atoms with Crippen molar-refractivity contribution in [1.82, 2.24) is 4.72 Å². The predicted octanol–water partition coefficient (Wildman–Crippen LogP) is 4.60. The number of nitrogens with one attached hydrogen (secondary N) is 2. The Kier molecular flexibility index (Phi) is 6.69. The second kappa shape index (κ2) is 9.48. The molecule has 0 saturated heterocycles. The van der Waals surface area contributed by atoms with Crippen LogP contribution in [0, 0.1) is 6.92 Å². The van der Waals surface area contributed by atoms with E-state index in [1.807, 2.05) is 43.5 Å². The minimum Gasteiger partial charge on any atom is -0.325 e. The van der Waals surface area contributed by atoms with Crippen LogP contribution in [0.1, 0.15) is 23.1 Å². The number of hydrogen-bond acceptors (Lipinski definition) is 4. The van der Waals surface area contributed by atoms with Crippen molar-refractivity contribution < 1.29 is 13.2 Å². The molecule has 3 aromatic rings. The number of amides is 1. The molecule has 0 aromatic heterocycles. The smallest absolute Gasteiger partial charge is 0.242 e. The first kappa shape index (κ1) is 22.6. The van der Waals surface area contributed by atoms with Crippen molar-refractivity contribution in [3.05, 3.63) is 83.4 Å². The fraction of sp³-hybridized carbons (Fsp3) is 0.240. The molecule has 166 valence electrons. The van der Waals surface area contributed by atoms with Gasteiger partial charge in [-0.25, -0.2) is 8.42 Å². The average Bonchev–Trinajstić information content (AvgIpc) is 3.15. The Morgan fingerprint density at radius 3 is 2.47 bits per heavy atom. The van der Waals surface area contributed by atoms with Crippen LogP contribution in [-0.4, -0.2) is 32.4 Å². The number of rotatable bonds is 8. The number of hydrogen-bond donors (Lipinski definition) is 2. The van der Waals surface area contributed by atoms with Crippen molar-refractivity contribution in [3.8, 4) is 11.1 Å². The lowest BCUT2D eigenvalue weighted by Crippen LogP contribution is -2.44. The maximum atomic E-state index is 13.1. The van der Waals surface area contributed by atoms with Gasteiger partial charge in [0.25, 0.3) is 0 Å². The molecule has 5 nitrogen and oxygen atoms in total. The molecule has 1 amide bonds. The Labute approximate surface area is 193 Å².